The summed E-state index contributed by atoms with van der Waals surface area (Å²) in [5.74, 6) is -0.136. The number of phenols is 1. The first-order chi connectivity index (χ1) is 12.0. The number of aromatic hydroxyl groups is 1. The van der Waals surface area contributed by atoms with Crippen LogP contribution in [0.4, 0.5) is 5.69 Å². The van der Waals surface area contributed by atoms with Crippen molar-refractivity contribution in [2.24, 2.45) is 0 Å². The van der Waals surface area contributed by atoms with E-state index < -0.39 is 12.1 Å². The highest BCUT2D eigenvalue weighted by Crippen LogP contribution is 2.43. The maximum atomic E-state index is 12.2. The Balaban J connectivity index is 1.80. The number of carbonyl (C=O) groups excluding carboxylic acids is 2. The van der Waals surface area contributed by atoms with Crippen LogP contribution in [-0.2, 0) is 9.53 Å². The number of anilines is 1. The number of esters is 1. The molecule has 7 heteroatoms. The molecule has 1 heterocycles. The molecule has 2 aromatic rings. The normalized spacial score (nSPS) is 15.3. The van der Waals surface area contributed by atoms with Crippen LogP contribution in [0, 0.1) is 0 Å². The summed E-state index contributed by atoms with van der Waals surface area (Å²) < 4.78 is 15.8. The number of rotatable bonds is 5. The lowest BCUT2D eigenvalue weighted by Crippen LogP contribution is -2.15. The molecule has 2 aromatic carbocycles. The Bertz CT molecular complexity index is 832. The van der Waals surface area contributed by atoms with E-state index >= 15 is 0 Å². The van der Waals surface area contributed by atoms with Gasteiger partial charge >= 0.3 is 5.97 Å². The lowest BCUT2D eigenvalue weighted by molar-refractivity contribution is -0.118. The standard InChI is InChI=1S/C18H17NO6/c1-23-13-7-6-12-14(25-18(22)16(12)17(13)24-2)9-15(21)19-10-4-3-5-11(20)8-10/h3-8,14,20H,9H2,1-2H3,(H,19,21)/t14-/m1/s1. The number of amides is 1. The first kappa shape index (κ1) is 16.6. The van der Waals surface area contributed by atoms with Crippen LogP contribution in [-0.4, -0.2) is 31.2 Å². The molecule has 0 unspecified atom stereocenters. The second-order valence-electron chi connectivity index (χ2n) is 5.46. The first-order valence-corrected chi connectivity index (χ1v) is 7.58. The van der Waals surface area contributed by atoms with Gasteiger partial charge < -0.3 is 24.6 Å². The number of ether oxygens (including phenoxy) is 3. The lowest BCUT2D eigenvalue weighted by atomic mass is 10.0. The van der Waals surface area contributed by atoms with E-state index in [4.69, 9.17) is 14.2 Å². The van der Waals surface area contributed by atoms with Crippen molar-refractivity contribution < 1.29 is 28.9 Å². The fourth-order valence-corrected chi connectivity index (χ4v) is 2.79. The number of cyclic esters (lactones) is 1. The van der Waals surface area contributed by atoms with E-state index in [2.05, 4.69) is 5.32 Å². The Morgan fingerprint density at radius 2 is 2.04 bits per heavy atom. The number of nitrogens with one attached hydrogen (secondary N) is 1. The van der Waals surface area contributed by atoms with Gasteiger partial charge in [-0.25, -0.2) is 4.79 Å². The molecule has 7 nitrogen and oxygen atoms in total. The molecule has 1 amide bonds. The summed E-state index contributed by atoms with van der Waals surface area (Å²) >= 11 is 0. The van der Waals surface area contributed by atoms with Gasteiger partial charge in [0.2, 0.25) is 5.91 Å². The van der Waals surface area contributed by atoms with Crippen LogP contribution in [0.1, 0.15) is 28.4 Å². The van der Waals surface area contributed by atoms with Crippen LogP contribution in [0.3, 0.4) is 0 Å². The zero-order chi connectivity index (χ0) is 18.0. The Hall–Kier alpha value is -3.22. The topological polar surface area (TPSA) is 94.1 Å². The zero-order valence-corrected chi connectivity index (χ0v) is 13.7. The quantitative estimate of drug-likeness (QED) is 0.811. The molecule has 1 atom stereocenters. The van der Waals surface area contributed by atoms with Gasteiger partial charge in [-0.05, 0) is 18.2 Å². The number of hydrogen-bond acceptors (Lipinski definition) is 6. The summed E-state index contributed by atoms with van der Waals surface area (Å²) in [6, 6.07) is 9.56. The first-order valence-electron chi connectivity index (χ1n) is 7.58. The predicted octanol–water partition coefficient (Wildman–Crippen LogP) is 2.65. The average Bonchev–Trinajstić information content (AvgIpc) is 2.89. The monoisotopic (exact) mass is 343 g/mol. The number of hydrogen-bond donors (Lipinski definition) is 2. The number of fused-ring (bicyclic) bond motifs is 1. The fourth-order valence-electron chi connectivity index (χ4n) is 2.79. The fraction of sp³-hybridized carbons (Fsp3) is 0.222. The third-order valence-corrected chi connectivity index (χ3v) is 3.88. The van der Waals surface area contributed by atoms with Gasteiger partial charge in [0.15, 0.2) is 11.5 Å². The third kappa shape index (κ3) is 3.21. The molecule has 2 N–H and O–H groups in total. The van der Waals surface area contributed by atoms with Crippen LogP contribution < -0.4 is 14.8 Å². The van der Waals surface area contributed by atoms with Crippen molar-refractivity contribution in [2.75, 3.05) is 19.5 Å². The molecule has 1 aliphatic rings. The third-order valence-electron chi connectivity index (χ3n) is 3.88. The highest BCUT2D eigenvalue weighted by atomic mass is 16.6. The van der Waals surface area contributed by atoms with Crippen LogP contribution in [0.25, 0.3) is 0 Å². The van der Waals surface area contributed by atoms with Crippen LogP contribution in [0.2, 0.25) is 0 Å². The van der Waals surface area contributed by atoms with Crippen molar-refractivity contribution in [3.05, 3.63) is 47.5 Å². The summed E-state index contributed by atoms with van der Waals surface area (Å²) in [6.07, 6.45) is -0.760. The van der Waals surface area contributed by atoms with Gasteiger partial charge in [-0.2, -0.15) is 0 Å². The van der Waals surface area contributed by atoms with E-state index in [0.29, 0.717) is 22.7 Å². The molecule has 1 aliphatic heterocycles. The minimum atomic E-state index is -0.709. The van der Waals surface area contributed by atoms with E-state index in [1.807, 2.05) is 0 Å². The minimum Gasteiger partial charge on any atom is -0.508 e. The van der Waals surface area contributed by atoms with Gasteiger partial charge in [0.05, 0.1) is 20.6 Å². The van der Waals surface area contributed by atoms with Gasteiger partial charge in [0.1, 0.15) is 17.4 Å². The highest BCUT2D eigenvalue weighted by molar-refractivity contribution is 5.99. The van der Waals surface area contributed by atoms with Gasteiger partial charge in [-0.1, -0.05) is 12.1 Å². The largest absolute Gasteiger partial charge is 0.508 e. The van der Waals surface area contributed by atoms with Crippen molar-refractivity contribution >= 4 is 17.6 Å². The highest BCUT2D eigenvalue weighted by Gasteiger charge is 2.36. The van der Waals surface area contributed by atoms with Crippen molar-refractivity contribution in [3.63, 3.8) is 0 Å². The summed E-state index contributed by atoms with van der Waals surface area (Å²) in [5, 5.41) is 12.1. The van der Waals surface area contributed by atoms with Crippen molar-refractivity contribution in [2.45, 2.75) is 12.5 Å². The van der Waals surface area contributed by atoms with Gasteiger partial charge in [0.25, 0.3) is 0 Å². The summed E-state index contributed by atoms with van der Waals surface area (Å²) in [5.41, 5.74) is 1.31. The molecule has 0 saturated heterocycles. The van der Waals surface area contributed by atoms with Crippen LogP contribution >= 0.6 is 0 Å². The summed E-state index contributed by atoms with van der Waals surface area (Å²) in [7, 11) is 2.91. The Morgan fingerprint density at radius 3 is 2.72 bits per heavy atom. The average molecular weight is 343 g/mol. The smallest absolute Gasteiger partial charge is 0.343 e. The Morgan fingerprint density at radius 1 is 1.24 bits per heavy atom. The second-order valence-corrected chi connectivity index (χ2v) is 5.46. The molecule has 0 bridgehead atoms. The van der Waals surface area contributed by atoms with Gasteiger partial charge in [-0.15, -0.1) is 0 Å². The lowest BCUT2D eigenvalue weighted by Gasteiger charge is -2.12. The molecule has 0 saturated carbocycles. The van der Waals surface area contributed by atoms with E-state index in [-0.39, 0.29) is 23.6 Å². The van der Waals surface area contributed by atoms with E-state index in [9.17, 15) is 14.7 Å². The van der Waals surface area contributed by atoms with E-state index in [1.165, 1.54) is 26.4 Å². The SMILES string of the molecule is COc1ccc2c(c1OC)C(=O)O[C@@H]2CC(=O)Nc1cccc(O)c1. The molecule has 3 rings (SSSR count). The summed E-state index contributed by atoms with van der Waals surface area (Å²) in [6.45, 7) is 0. The molecule has 0 spiro atoms. The molecular weight excluding hydrogens is 326 g/mol. The molecule has 130 valence electrons. The number of phenolic OH excluding ortho intramolecular Hbond substituents is 1. The molecule has 0 aliphatic carbocycles. The number of benzene rings is 2. The van der Waals surface area contributed by atoms with Crippen LogP contribution in [0.5, 0.6) is 17.2 Å². The maximum Gasteiger partial charge on any atom is 0.343 e. The summed E-state index contributed by atoms with van der Waals surface area (Å²) in [4.78, 5) is 24.4. The van der Waals surface area contributed by atoms with Crippen molar-refractivity contribution in [1.29, 1.82) is 0 Å². The minimum absolute atomic E-state index is 0.0484. The maximum absolute atomic E-state index is 12.2. The van der Waals surface area contributed by atoms with Crippen LogP contribution in [0.15, 0.2) is 36.4 Å². The molecule has 0 fully saturated rings. The molecular formula is C18H17NO6. The van der Waals surface area contributed by atoms with E-state index in [1.54, 1.807) is 24.3 Å². The van der Waals surface area contributed by atoms with Gasteiger partial charge in [0, 0.05) is 17.3 Å². The zero-order valence-electron chi connectivity index (χ0n) is 13.7. The number of carbonyl (C=O) groups is 2. The molecule has 0 radical (unpaired) electrons. The van der Waals surface area contributed by atoms with Gasteiger partial charge in [-0.3, -0.25) is 4.79 Å². The van der Waals surface area contributed by atoms with E-state index in [0.717, 1.165) is 0 Å². The Kier molecular flexibility index (Phi) is 4.47. The second kappa shape index (κ2) is 6.72. The Labute approximate surface area is 144 Å². The molecule has 0 aromatic heterocycles. The number of methoxy groups -OCH3 is 2. The van der Waals surface area contributed by atoms with Crippen molar-refractivity contribution in [1.82, 2.24) is 0 Å². The van der Waals surface area contributed by atoms with Crippen molar-refractivity contribution in [3.8, 4) is 17.2 Å². The predicted molar refractivity (Wildman–Crippen MR) is 89.1 cm³/mol. The molecule has 25 heavy (non-hydrogen) atoms.